The number of likely N-dealkylation sites (N-methyl/N-ethyl adjacent to an activating group) is 1. The lowest BCUT2D eigenvalue weighted by Gasteiger charge is -2.28. The van der Waals surface area contributed by atoms with E-state index in [1.54, 1.807) is 4.90 Å². The second kappa shape index (κ2) is 5.64. The summed E-state index contributed by atoms with van der Waals surface area (Å²) in [4.78, 5) is 13.8. The topological polar surface area (TPSA) is 55.6 Å². The number of nitrogens with zero attached hydrogens (tertiary/aromatic N) is 1. The van der Waals surface area contributed by atoms with Crippen LogP contribution in [0.5, 0.6) is 0 Å². The number of amides is 1. The summed E-state index contributed by atoms with van der Waals surface area (Å²) in [6.07, 6.45) is 1.50. The van der Waals surface area contributed by atoms with Crippen LogP contribution in [0.1, 0.15) is 33.6 Å². The van der Waals surface area contributed by atoms with E-state index in [0.29, 0.717) is 12.3 Å². The van der Waals surface area contributed by atoms with Crippen molar-refractivity contribution in [3.05, 3.63) is 0 Å². The number of carbonyl (C=O) groups excluding carboxylic acids is 1. The summed E-state index contributed by atoms with van der Waals surface area (Å²) < 4.78 is 5.46. The number of ether oxygens (including phenoxy) is 1. The highest BCUT2D eigenvalue weighted by molar-refractivity contribution is 5.77. The average Bonchev–Trinajstić information content (AvgIpc) is 2.62. The first-order valence-corrected chi connectivity index (χ1v) is 6.06. The normalized spacial score (nSPS) is 27.1. The van der Waals surface area contributed by atoms with Crippen molar-refractivity contribution in [2.75, 3.05) is 13.7 Å². The smallest absolute Gasteiger partial charge is 0.224 e. The predicted octanol–water partition coefficient (Wildman–Crippen LogP) is 0.996. The zero-order valence-electron chi connectivity index (χ0n) is 10.8. The van der Waals surface area contributed by atoms with Crippen LogP contribution in [0, 0.1) is 5.92 Å². The summed E-state index contributed by atoms with van der Waals surface area (Å²) in [6, 6.07) is 0.166. The lowest BCUT2D eigenvalue weighted by atomic mass is 10.0. The first kappa shape index (κ1) is 13.5. The van der Waals surface area contributed by atoms with Gasteiger partial charge in [-0.1, -0.05) is 13.8 Å². The molecule has 0 saturated carbocycles. The standard InChI is InChI=1S/C12H24N2O2/c1-8(2)10(13)7-12(15)14(4)11-5-6-16-9(11)3/h8-11H,5-7,13H2,1-4H3. The van der Waals surface area contributed by atoms with E-state index >= 15 is 0 Å². The quantitative estimate of drug-likeness (QED) is 0.781. The van der Waals surface area contributed by atoms with Crippen LogP contribution < -0.4 is 5.73 Å². The molecule has 0 spiro atoms. The maximum atomic E-state index is 12.0. The fraction of sp³-hybridized carbons (Fsp3) is 0.917. The Kier molecular flexibility index (Phi) is 4.74. The largest absolute Gasteiger partial charge is 0.376 e. The molecule has 1 amide bonds. The Hall–Kier alpha value is -0.610. The molecule has 0 bridgehead atoms. The molecular weight excluding hydrogens is 204 g/mol. The minimum atomic E-state index is -0.0485. The van der Waals surface area contributed by atoms with Gasteiger partial charge in [-0.15, -0.1) is 0 Å². The Balaban J connectivity index is 2.47. The molecule has 0 aliphatic carbocycles. The lowest BCUT2D eigenvalue weighted by molar-refractivity contribution is -0.133. The maximum absolute atomic E-state index is 12.0. The Morgan fingerprint density at radius 2 is 2.19 bits per heavy atom. The van der Waals surface area contributed by atoms with Gasteiger partial charge in [0.05, 0.1) is 12.1 Å². The molecule has 1 heterocycles. The van der Waals surface area contributed by atoms with Crippen molar-refractivity contribution >= 4 is 5.91 Å². The van der Waals surface area contributed by atoms with E-state index in [9.17, 15) is 4.79 Å². The number of hydrogen-bond acceptors (Lipinski definition) is 3. The third-order valence-electron chi connectivity index (χ3n) is 3.49. The summed E-state index contributed by atoms with van der Waals surface area (Å²) in [5.74, 6) is 0.471. The summed E-state index contributed by atoms with van der Waals surface area (Å²) in [5.41, 5.74) is 5.91. The molecule has 1 saturated heterocycles. The van der Waals surface area contributed by atoms with E-state index < -0.39 is 0 Å². The van der Waals surface area contributed by atoms with Crippen LogP contribution in [0.3, 0.4) is 0 Å². The molecular formula is C12H24N2O2. The lowest BCUT2D eigenvalue weighted by Crippen LogP contribution is -2.43. The minimum absolute atomic E-state index is 0.0485. The highest BCUT2D eigenvalue weighted by Gasteiger charge is 2.31. The van der Waals surface area contributed by atoms with Gasteiger partial charge in [-0.2, -0.15) is 0 Å². The first-order valence-electron chi connectivity index (χ1n) is 6.06. The molecule has 94 valence electrons. The van der Waals surface area contributed by atoms with E-state index in [1.165, 1.54) is 0 Å². The number of hydrogen-bond donors (Lipinski definition) is 1. The van der Waals surface area contributed by atoms with Gasteiger partial charge in [-0.25, -0.2) is 0 Å². The molecule has 0 radical (unpaired) electrons. The molecule has 1 aliphatic rings. The number of nitrogens with two attached hydrogens (primary N) is 1. The first-order chi connectivity index (χ1) is 7.43. The van der Waals surface area contributed by atoms with Gasteiger partial charge in [0.2, 0.25) is 5.91 Å². The third kappa shape index (κ3) is 3.19. The van der Waals surface area contributed by atoms with Crippen molar-refractivity contribution in [2.24, 2.45) is 11.7 Å². The van der Waals surface area contributed by atoms with Gasteiger partial charge in [0.1, 0.15) is 0 Å². The SMILES string of the molecule is CC(C)C(N)CC(=O)N(C)C1CCOC1C. The fourth-order valence-corrected chi connectivity index (χ4v) is 2.00. The van der Waals surface area contributed by atoms with Gasteiger partial charge < -0.3 is 15.4 Å². The minimum Gasteiger partial charge on any atom is -0.376 e. The summed E-state index contributed by atoms with van der Waals surface area (Å²) >= 11 is 0. The second-order valence-corrected chi connectivity index (χ2v) is 5.05. The summed E-state index contributed by atoms with van der Waals surface area (Å²) in [7, 11) is 1.85. The van der Waals surface area contributed by atoms with Crippen molar-refractivity contribution in [3.63, 3.8) is 0 Å². The Morgan fingerprint density at radius 3 is 2.62 bits per heavy atom. The van der Waals surface area contributed by atoms with E-state index in [1.807, 2.05) is 27.8 Å². The van der Waals surface area contributed by atoms with E-state index in [0.717, 1.165) is 13.0 Å². The Labute approximate surface area is 98.1 Å². The van der Waals surface area contributed by atoms with Crippen molar-refractivity contribution < 1.29 is 9.53 Å². The second-order valence-electron chi connectivity index (χ2n) is 5.05. The van der Waals surface area contributed by atoms with E-state index in [-0.39, 0.29) is 24.1 Å². The maximum Gasteiger partial charge on any atom is 0.224 e. The molecule has 3 atom stereocenters. The van der Waals surface area contributed by atoms with Crippen LogP contribution in [0.2, 0.25) is 0 Å². The molecule has 4 heteroatoms. The van der Waals surface area contributed by atoms with Gasteiger partial charge in [0, 0.05) is 26.1 Å². The molecule has 0 aromatic carbocycles. The molecule has 3 unspecified atom stereocenters. The van der Waals surface area contributed by atoms with Crippen LogP contribution in [0.25, 0.3) is 0 Å². The van der Waals surface area contributed by atoms with Crippen molar-refractivity contribution in [1.29, 1.82) is 0 Å². The van der Waals surface area contributed by atoms with Crippen LogP contribution in [0.15, 0.2) is 0 Å². The van der Waals surface area contributed by atoms with Gasteiger partial charge in [0.15, 0.2) is 0 Å². The molecule has 1 fully saturated rings. The van der Waals surface area contributed by atoms with E-state index in [2.05, 4.69) is 0 Å². The number of rotatable bonds is 4. The Morgan fingerprint density at radius 1 is 1.56 bits per heavy atom. The van der Waals surface area contributed by atoms with Crippen molar-refractivity contribution in [1.82, 2.24) is 4.90 Å². The fourth-order valence-electron chi connectivity index (χ4n) is 2.00. The molecule has 1 aliphatic heterocycles. The highest BCUT2D eigenvalue weighted by Crippen LogP contribution is 2.19. The molecule has 0 aromatic heterocycles. The molecule has 0 aromatic rings. The van der Waals surface area contributed by atoms with Crippen molar-refractivity contribution in [2.45, 2.75) is 51.8 Å². The van der Waals surface area contributed by atoms with Gasteiger partial charge in [-0.3, -0.25) is 4.79 Å². The summed E-state index contributed by atoms with van der Waals surface area (Å²) in [6.45, 7) is 6.85. The molecule has 4 nitrogen and oxygen atoms in total. The molecule has 1 rings (SSSR count). The predicted molar refractivity (Wildman–Crippen MR) is 64.0 cm³/mol. The van der Waals surface area contributed by atoms with Crippen LogP contribution >= 0.6 is 0 Å². The zero-order chi connectivity index (χ0) is 12.3. The molecule has 16 heavy (non-hydrogen) atoms. The van der Waals surface area contributed by atoms with Crippen LogP contribution in [0.4, 0.5) is 0 Å². The average molecular weight is 228 g/mol. The van der Waals surface area contributed by atoms with Gasteiger partial charge in [0.25, 0.3) is 0 Å². The Bertz CT molecular complexity index is 243. The zero-order valence-corrected chi connectivity index (χ0v) is 10.8. The van der Waals surface area contributed by atoms with Gasteiger partial charge >= 0.3 is 0 Å². The van der Waals surface area contributed by atoms with Crippen LogP contribution in [-0.2, 0) is 9.53 Å². The highest BCUT2D eigenvalue weighted by atomic mass is 16.5. The van der Waals surface area contributed by atoms with Crippen molar-refractivity contribution in [3.8, 4) is 0 Å². The van der Waals surface area contributed by atoms with Crippen LogP contribution in [-0.4, -0.2) is 42.6 Å². The third-order valence-corrected chi connectivity index (χ3v) is 3.49. The number of carbonyl (C=O) groups is 1. The summed E-state index contributed by atoms with van der Waals surface area (Å²) in [5, 5.41) is 0. The van der Waals surface area contributed by atoms with E-state index in [4.69, 9.17) is 10.5 Å². The van der Waals surface area contributed by atoms with Gasteiger partial charge in [-0.05, 0) is 19.3 Å². The monoisotopic (exact) mass is 228 g/mol. The molecule has 2 N–H and O–H groups in total.